The van der Waals surface area contributed by atoms with Crippen LogP contribution in [0.25, 0.3) is 0 Å². The number of rotatable bonds is 3. The van der Waals surface area contributed by atoms with Crippen LogP contribution in [0.2, 0.25) is 0 Å². The van der Waals surface area contributed by atoms with Gasteiger partial charge in [-0.1, -0.05) is 30.3 Å². The maximum Gasteiger partial charge on any atom is 0.327 e. The Bertz CT molecular complexity index is 677. The van der Waals surface area contributed by atoms with Crippen molar-refractivity contribution in [1.29, 1.82) is 0 Å². The average Bonchev–Trinajstić information content (AvgIpc) is 3.08. The molecule has 0 aliphatic carbocycles. The van der Waals surface area contributed by atoms with Crippen LogP contribution in [0.4, 0.5) is 4.79 Å². The molecule has 3 atom stereocenters. The molecule has 2 unspecified atom stereocenters. The molecule has 1 aromatic carbocycles. The molecule has 1 aromatic rings. The molecular formula is C20H27N3O2. The third-order valence-electron chi connectivity index (χ3n) is 6.34. The molecule has 0 bridgehead atoms. The normalized spacial score (nSPS) is 33.2. The minimum atomic E-state index is -0.582. The quantitative estimate of drug-likeness (QED) is 0.794. The number of carbonyl (C=O) groups is 2. The summed E-state index contributed by atoms with van der Waals surface area (Å²) in [5.41, 5.74) is 0.732. The number of benzene rings is 1. The van der Waals surface area contributed by atoms with Gasteiger partial charge in [0, 0.05) is 31.7 Å². The lowest BCUT2D eigenvalue weighted by Gasteiger charge is -2.40. The molecular weight excluding hydrogens is 314 g/mol. The maximum absolute atomic E-state index is 12.9. The lowest BCUT2D eigenvalue weighted by Crippen LogP contribution is -2.51. The van der Waals surface area contributed by atoms with E-state index >= 15 is 0 Å². The summed E-state index contributed by atoms with van der Waals surface area (Å²) in [6.07, 6.45) is 3.48. The number of piperidine rings is 1. The van der Waals surface area contributed by atoms with E-state index < -0.39 is 5.54 Å². The van der Waals surface area contributed by atoms with Gasteiger partial charge < -0.3 is 4.90 Å². The Labute approximate surface area is 149 Å². The SMILES string of the molecule is CC1CC(N2C(=O)N3CCC[C@@]3(C)C2=O)CCN1Cc1ccccc1. The summed E-state index contributed by atoms with van der Waals surface area (Å²) < 4.78 is 0. The van der Waals surface area contributed by atoms with Gasteiger partial charge in [-0.2, -0.15) is 0 Å². The van der Waals surface area contributed by atoms with Gasteiger partial charge in [0.25, 0.3) is 5.91 Å². The van der Waals surface area contributed by atoms with Gasteiger partial charge in [0.05, 0.1) is 0 Å². The van der Waals surface area contributed by atoms with Crippen molar-refractivity contribution in [3.63, 3.8) is 0 Å². The lowest BCUT2D eigenvalue weighted by molar-refractivity contribution is -0.134. The Morgan fingerprint density at radius 1 is 1.16 bits per heavy atom. The Hall–Kier alpha value is -1.88. The summed E-state index contributed by atoms with van der Waals surface area (Å²) in [6.45, 7) is 6.73. The van der Waals surface area contributed by atoms with Gasteiger partial charge in [0.1, 0.15) is 5.54 Å². The molecule has 3 aliphatic rings. The van der Waals surface area contributed by atoms with E-state index in [9.17, 15) is 9.59 Å². The van der Waals surface area contributed by atoms with E-state index in [4.69, 9.17) is 0 Å². The predicted molar refractivity (Wildman–Crippen MR) is 95.9 cm³/mol. The first kappa shape index (κ1) is 16.6. The van der Waals surface area contributed by atoms with E-state index in [0.29, 0.717) is 6.04 Å². The fourth-order valence-electron chi connectivity index (χ4n) is 4.77. The summed E-state index contributed by atoms with van der Waals surface area (Å²) in [6, 6.07) is 10.8. The molecule has 5 nitrogen and oxygen atoms in total. The molecule has 3 saturated heterocycles. The van der Waals surface area contributed by atoms with Crippen LogP contribution in [-0.2, 0) is 11.3 Å². The molecule has 25 heavy (non-hydrogen) atoms. The molecule has 3 fully saturated rings. The number of hydrogen-bond donors (Lipinski definition) is 0. The zero-order valence-electron chi connectivity index (χ0n) is 15.1. The molecule has 134 valence electrons. The predicted octanol–water partition coefficient (Wildman–Crippen LogP) is 2.86. The van der Waals surface area contributed by atoms with Gasteiger partial charge in [0.2, 0.25) is 0 Å². The van der Waals surface area contributed by atoms with Gasteiger partial charge in [0.15, 0.2) is 0 Å². The van der Waals surface area contributed by atoms with Crippen molar-refractivity contribution >= 4 is 11.9 Å². The van der Waals surface area contributed by atoms with Crippen LogP contribution in [0.5, 0.6) is 0 Å². The highest BCUT2D eigenvalue weighted by molar-refractivity contribution is 6.07. The van der Waals surface area contributed by atoms with Crippen molar-refractivity contribution in [3.05, 3.63) is 35.9 Å². The van der Waals surface area contributed by atoms with Crippen molar-refractivity contribution in [2.75, 3.05) is 13.1 Å². The van der Waals surface area contributed by atoms with Crippen molar-refractivity contribution in [2.24, 2.45) is 0 Å². The fraction of sp³-hybridized carbons (Fsp3) is 0.600. The van der Waals surface area contributed by atoms with Crippen molar-refractivity contribution in [2.45, 2.75) is 63.7 Å². The molecule has 0 saturated carbocycles. The molecule has 3 heterocycles. The second-order valence-corrected chi connectivity index (χ2v) is 7.97. The first-order valence-corrected chi connectivity index (χ1v) is 9.44. The number of likely N-dealkylation sites (tertiary alicyclic amines) is 1. The van der Waals surface area contributed by atoms with Crippen LogP contribution in [-0.4, -0.2) is 57.4 Å². The topological polar surface area (TPSA) is 43.9 Å². The van der Waals surface area contributed by atoms with Crippen LogP contribution in [0, 0.1) is 0 Å². The third-order valence-corrected chi connectivity index (χ3v) is 6.34. The number of fused-ring (bicyclic) bond motifs is 1. The highest BCUT2D eigenvalue weighted by atomic mass is 16.2. The number of nitrogens with zero attached hydrogens (tertiary/aromatic N) is 3. The van der Waals surface area contributed by atoms with Crippen molar-refractivity contribution in [3.8, 4) is 0 Å². The number of imide groups is 1. The molecule has 0 aromatic heterocycles. The zero-order valence-corrected chi connectivity index (χ0v) is 15.1. The van der Waals surface area contributed by atoms with Crippen LogP contribution in [0.1, 0.15) is 45.1 Å². The van der Waals surface area contributed by atoms with Gasteiger partial charge in [-0.25, -0.2) is 4.79 Å². The minimum absolute atomic E-state index is 0.0312. The van der Waals surface area contributed by atoms with Crippen LogP contribution in [0.3, 0.4) is 0 Å². The standard InChI is InChI=1S/C20H27N3O2/c1-15-13-17(9-12-21(15)14-16-7-4-3-5-8-16)23-18(24)20(2)10-6-11-22(20)19(23)25/h3-5,7-8,15,17H,6,9-14H2,1-2H3/t15?,17?,20-/m0/s1. The summed E-state index contributed by atoms with van der Waals surface area (Å²) in [5.74, 6) is 0.0312. The first-order valence-electron chi connectivity index (χ1n) is 9.44. The number of urea groups is 1. The monoisotopic (exact) mass is 341 g/mol. The van der Waals surface area contributed by atoms with E-state index in [0.717, 1.165) is 45.3 Å². The van der Waals surface area contributed by atoms with Gasteiger partial charge in [-0.3, -0.25) is 14.6 Å². The first-order chi connectivity index (χ1) is 12.0. The molecule has 5 heteroatoms. The van der Waals surface area contributed by atoms with Gasteiger partial charge in [-0.15, -0.1) is 0 Å². The molecule has 0 N–H and O–H groups in total. The largest absolute Gasteiger partial charge is 0.327 e. The van der Waals surface area contributed by atoms with Crippen molar-refractivity contribution in [1.82, 2.24) is 14.7 Å². The van der Waals surface area contributed by atoms with Gasteiger partial charge in [-0.05, 0) is 45.1 Å². The Kier molecular flexibility index (Phi) is 4.07. The van der Waals surface area contributed by atoms with E-state index in [1.807, 2.05) is 13.0 Å². The second-order valence-electron chi connectivity index (χ2n) is 7.97. The van der Waals surface area contributed by atoms with E-state index in [-0.39, 0.29) is 18.0 Å². The van der Waals surface area contributed by atoms with E-state index in [1.165, 1.54) is 5.56 Å². The number of amides is 3. The lowest BCUT2D eigenvalue weighted by atomic mass is 9.94. The van der Waals surface area contributed by atoms with E-state index in [2.05, 4.69) is 36.1 Å². The van der Waals surface area contributed by atoms with Crippen LogP contribution in [0.15, 0.2) is 30.3 Å². The van der Waals surface area contributed by atoms with Crippen LogP contribution >= 0.6 is 0 Å². The molecule has 0 spiro atoms. The molecule has 3 amide bonds. The fourth-order valence-corrected chi connectivity index (χ4v) is 4.77. The Morgan fingerprint density at radius 3 is 2.60 bits per heavy atom. The highest BCUT2D eigenvalue weighted by Crippen LogP contribution is 2.40. The average molecular weight is 341 g/mol. The number of hydrogen-bond acceptors (Lipinski definition) is 3. The smallest absolute Gasteiger partial charge is 0.310 e. The summed E-state index contributed by atoms with van der Waals surface area (Å²) in [5, 5.41) is 0. The molecule has 3 aliphatic heterocycles. The highest BCUT2D eigenvalue weighted by Gasteiger charge is 2.58. The molecule has 0 radical (unpaired) electrons. The maximum atomic E-state index is 12.9. The zero-order chi connectivity index (χ0) is 17.6. The Balaban J connectivity index is 1.44. The second kappa shape index (κ2) is 6.13. The van der Waals surface area contributed by atoms with Gasteiger partial charge >= 0.3 is 6.03 Å². The Morgan fingerprint density at radius 2 is 1.92 bits per heavy atom. The summed E-state index contributed by atoms with van der Waals surface area (Å²) in [4.78, 5) is 31.6. The molecule has 4 rings (SSSR count). The summed E-state index contributed by atoms with van der Waals surface area (Å²) >= 11 is 0. The van der Waals surface area contributed by atoms with Crippen molar-refractivity contribution < 1.29 is 9.59 Å². The number of carbonyl (C=O) groups excluding carboxylic acids is 2. The third kappa shape index (κ3) is 2.65. The van der Waals surface area contributed by atoms with Crippen LogP contribution < -0.4 is 0 Å². The van der Waals surface area contributed by atoms with E-state index in [1.54, 1.807) is 9.80 Å². The minimum Gasteiger partial charge on any atom is -0.310 e. The summed E-state index contributed by atoms with van der Waals surface area (Å²) in [7, 11) is 0.